The predicted octanol–water partition coefficient (Wildman–Crippen LogP) is 1.76. The third-order valence-corrected chi connectivity index (χ3v) is 3.16. The molecule has 1 aromatic rings. The highest BCUT2D eigenvalue weighted by Crippen LogP contribution is 2.31. The Morgan fingerprint density at radius 1 is 1.36 bits per heavy atom. The quantitative estimate of drug-likeness (QED) is 0.734. The van der Waals surface area contributed by atoms with Gasteiger partial charge in [0, 0.05) is 6.04 Å². The maximum absolute atomic E-state index is 6.04. The maximum atomic E-state index is 6.04. The summed E-state index contributed by atoms with van der Waals surface area (Å²) >= 11 is 0. The molecule has 0 amide bonds. The minimum Gasteiger partial charge on any atom is -0.496 e. The van der Waals surface area contributed by atoms with Crippen LogP contribution in [0.1, 0.15) is 18.1 Å². The Kier molecular flexibility index (Phi) is 2.46. The van der Waals surface area contributed by atoms with Gasteiger partial charge in [-0.3, -0.25) is 0 Å². The van der Waals surface area contributed by atoms with Gasteiger partial charge in [0.05, 0.1) is 7.11 Å². The summed E-state index contributed by atoms with van der Waals surface area (Å²) in [5.41, 5.74) is 8.75. The van der Waals surface area contributed by atoms with Crippen LogP contribution >= 0.6 is 0 Å². The van der Waals surface area contributed by atoms with E-state index < -0.39 is 0 Å². The SMILES string of the molecule is COc1cccc2c1CC(C)C(N)C2. The van der Waals surface area contributed by atoms with Crippen LogP contribution in [-0.4, -0.2) is 13.2 Å². The number of hydrogen-bond acceptors (Lipinski definition) is 2. The topological polar surface area (TPSA) is 35.2 Å². The van der Waals surface area contributed by atoms with Crippen LogP contribution < -0.4 is 10.5 Å². The summed E-state index contributed by atoms with van der Waals surface area (Å²) in [4.78, 5) is 0. The number of ether oxygens (including phenoxy) is 1. The average molecular weight is 191 g/mol. The molecule has 0 saturated heterocycles. The lowest BCUT2D eigenvalue weighted by atomic mass is 9.81. The zero-order valence-electron chi connectivity index (χ0n) is 8.79. The summed E-state index contributed by atoms with van der Waals surface area (Å²) in [5, 5.41) is 0. The van der Waals surface area contributed by atoms with Crippen molar-refractivity contribution in [3.63, 3.8) is 0 Å². The Labute approximate surface area is 85.1 Å². The highest BCUT2D eigenvalue weighted by molar-refractivity contribution is 5.42. The first-order chi connectivity index (χ1) is 6.72. The van der Waals surface area contributed by atoms with Crippen LogP contribution in [0.4, 0.5) is 0 Å². The van der Waals surface area contributed by atoms with Crippen LogP contribution in [0, 0.1) is 5.92 Å². The highest BCUT2D eigenvalue weighted by atomic mass is 16.5. The molecule has 0 aliphatic heterocycles. The van der Waals surface area contributed by atoms with Crippen molar-refractivity contribution in [1.29, 1.82) is 0 Å². The van der Waals surface area contributed by atoms with E-state index in [9.17, 15) is 0 Å². The normalized spacial score (nSPS) is 25.6. The summed E-state index contributed by atoms with van der Waals surface area (Å²) in [5.74, 6) is 1.57. The molecule has 1 aliphatic carbocycles. The van der Waals surface area contributed by atoms with E-state index in [1.54, 1.807) is 7.11 Å². The van der Waals surface area contributed by atoms with Gasteiger partial charge in [-0.1, -0.05) is 19.1 Å². The molecule has 14 heavy (non-hydrogen) atoms. The molecule has 0 aromatic heterocycles. The first-order valence-corrected chi connectivity index (χ1v) is 5.12. The van der Waals surface area contributed by atoms with Gasteiger partial charge in [0.1, 0.15) is 5.75 Å². The fraction of sp³-hybridized carbons (Fsp3) is 0.500. The van der Waals surface area contributed by atoms with Gasteiger partial charge in [-0.2, -0.15) is 0 Å². The van der Waals surface area contributed by atoms with Crippen molar-refractivity contribution in [2.75, 3.05) is 7.11 Å². The second-order valence-corrected chi connectivity index (χ2v) is 4.15. The molecule has 2 unspecified atom stereocenters. The molecule has 0 saturated carbocycles. The number of methoxy groups -OCH3 is 1. The lowest BCUT2D eigenvalue weighted by Crippen LogP contribution is -2.35. The second kappa shape index (κ2) is 3.62. The van der Waals surface area contributed by atoms with Gasteiger partial charge in [-0.15, -0.1) is 0 Å². The minimum atomic E-state index is 0.301. The van der Waals surface area contributed by atoms with Crippen LogP contribution in [0.2, 0.25) is 0 Å². The van der Waals surface area contributed by atoms with Crippen LogP contribution in [-0.2, 0) is 12.8 Å². The van der Waals surface area contributed by atoms with E-state index in [4.69, 9.17) is 10.5 Å². The summed E-state index contributed by atoms with van der Waals surface area (Å²) in [6.07, 6.45) is 2.02. The Balaban J connectivity index is 2.41. The fourth-order valence-electron chi connectivity index (χ4n) is 2.15. The second-order valence-electron chi connectivity index (χ2n) is 4.15. The standard InChI is InChI=1S/C12H17NO/c1-8-6-10-9(7-11(8)13)4-3-5-12(10)14-2/h3-5,8,11H,6-7,13H2,1-2H3. The summed E-state index contributed by atoms with van der Waals surface area (Å²) in [6.45, 7) is 2.21. The monoisotopic (exact) mass is 191 g/mol. The van der Waals surface area contributed by atoms with E-state index in [2.05, 4.69) is 13.0 Å². The van der Waals surface area contributed by atoms with Gasteiger partial charge in [0.2, 0.25) is 0 Å². The van der Waals surface area contributed by atoms with E-state index in [-0.39, 0.29) is 0 Å². The van der Waals surface area contributed by atoms with Crippen LogP contribution in [0.5, 0.6) is 5.75 Å². The number of benzene rings is 1. The Morgan fingerprint density at radius 3 is 2.86 bits per heavy atom. The first-order valence-electron chi connectivity index (χ1n) is 5.12. The molecule has 2 nitrogen and oxygen atoms in total. The van der Waals surface area contributed by atoms with Gasteiger partial charge in [0.25, 0.3) is 0 Å². The Bertz CT molecular complexity index is 335. The minimum absolute atomic E-state index is 0.301. The molecule has 0 bridgehead atoms. The molecule has 0 radical (unpaired) electrons. The molecular weight excluding hydrogens is 174 g/mol. The molecular formula is C12H17NO. The number of fused-ring (bicyclic) bond motifs is 1. The fourth-order valence-corrected chi connectivity index (χ4v) is 2.15. The van der Waals surface area contributed by atoms with Gasteiger partial charge in [0.15, 0.2) is 0 Å². The van der Waals surface area contributed by atoms with E-state index in [0.29, 0.717) is 12.0 Å². The molecule has 1 aromatic carbocycles. The average Bonchev–Trinajstić information content (AvgIpc) is 2.19. The Morgan fingerprint density at radius 2 is 2.14 bits per heavy atom. The van der Waals surface area contributed by atoms with Crippen molar-refractivity contribution >= 4 is 0 Å². The number of hydrogen-bond donors (Lipinski definition) is 1. The van der Waals surface area contributed by atoms with Gasteiger partial charge < -0.3 is 10.5 Å². The predicted molar refractivity (Wildman–Crippen MR) is 57.5 cm³/mol. The van der Waals surface area contributed by atoms with Crippen LogP contribution in [0.3, 0.4) is 0 Å². The van der Waals surface area contributed by atoms with Crippen molar-refractivity contribution in [3.05, 3.63) is 29.3 Å². The maximum Gasteiger partial charge on any atom is 0.122 e. The van der Waals surface area contributed by atoms with E-state index in [1.165, 1.54) is 11.1 Å². The molecule has 2 atom stereocenters. The number of rotatable bonds is 1. The molecule has 2 N–H and O–H groups in total. The van der Waals surface area contributed by atoms with E-state index in [1.807, 2.05) is 12.1 Å². The zero-order chi connectivity index (χ0) is 10.1. The summed E-state index contributed by atoms with van der Waals surface area (Å²) in [6, 6.07) is 6.53. The summed E-state index contributed by atoms with van der Waals surface area (Å²) < 4.78 is 5.36. The van der Waals surface area contributed by atoms with Crippen molar-refractivity contribution in [1.82, 2.24) is 0 Å². The molecule has 2 rings (SSSR count). The smallest absolute Gasteiger partial charge is 0.122 e. The molecule has 0 heterocycles. The lowest BCUT2D eigenvalue weighted by molar-refractivity contribution is 0.382. The highest BCUT2D eigenvalue weighted by Gasteiger charge is 2.24. The molecule has 0 spiro atoms. The lowest BCUT2D eigenvalue weighted by Gasteiger charge is -2.28. The van der Waals surface area contributed by atoms with E-state index in [0.717, 1.165) is 18.6 Å². The van der Waals surface area contributed by atoms with Gasteiger partial charge >= 0.3 is 0 Å². The third-order valence-electron chi connectivity index (χ3n) is 3.16. The van der Waals surface area contributed by atoms with Crippen molar-refractivity contribution in [3.8, 4) is 5.75 Å². The van der Waals surface area contributed by atoms with Crippen LogP contribution in [0.25, 0.3) is 0 Å². The molecule has 2 heteroatoms. The largest absolute Gasteiger partial charge is 0.496 e. The van der Waals surface area contributed by atoms with Crippen molar-refractivity contribution in [2.24, 2.45) is 11.7 Å². The number of nitrogens with two attached hydrogens (primary N) is 1. The van der Waals surface area contributed by atoms with Crippen LogP contribution in [0.15, 0.2) is 18.2 Å². The van der Waals surface area contributed by atoms with Crippen molar-refractivity contribution < 1.29 is 4.74 Å². The summed E-state index contributed by atoms with van der Waals surface area (Å²) in [7, 11) is 1.73. The van der Waals surface area contributed by atoms with Gasteiger partial charge in [-0.25, -0.2) is 0 Å². The van der Waals surface area contributed by atoms with E-state index >= 15 is 0 Å². The molecule has 76 valence electrons. The zero-order valence-corrected chi connectivity index (χ0v) is 8.79. The first kappa shape index (κ1) is 9.53. The third kappa shape index (κ3) is 1.50. The molecule has 0 fully saturated rings. The van der Waals surface area contributed by atoms with Crippen molar-refractivity contribution in [2.45, 2.75) is 25.8 Å². The Hall–Kier alpha value is -1.02. The van der Waals surface area contributed by atoms with Gasteiger partial charge in [-0.05, 0) is 36.0 Å². The molecule has 1 aliphatic rings.